The van der Waals surface area contributed by atoms with Crippen LogP contribution >= 0.6 is 0 Å². The molecule has 172 valence electrons. The van der Waals surface area contributed by atoms with Gasteiger partial charge in [-0.05, 0) is 48.6 Å². The van der Waals surface area contributed by atoms with Crippen LogP contribution in [0.15, 0.2) is 24.3 Å². The van der Waals surface area contributed by atoms with Crippen molar-refractivity contribution in [1.29, 1.82) is 0 Å². The highest BCUT2D eigenvalue weighted by Gasteiger charge is 2.31. The van der Waals surface area contributed by atoms with Crippen LogP contribution in [0.5, 0.6) is 0 Å². The Hall–Kier alpha value is -1.39. The highest BCUT2D eigenvalue weighted by Crippen LogP contribution is 2.19. The highest BCUT2D eigenvalue weighted by atomic mass is 16.3. The lowest BCUT2D eigenvalue weighted by Gasteiger charge is -2.32. The van der Waals surface area contributed by atoms with Gasteiger partial charge in [-0.25, -0.2) is 0 Å². The zero-order chi connectivity index (χ0) is 22.4. The largest absolute Gasteiger partial charge is 0.394 e. The molecule has 0 aliphatic rings. The summed E-state index contributed by atoms with van der Waals surface area (Å²) in [5.74, 6) is 0.580. The maximum Gasteiger partial charge on any atom is 0.220 e. The van der Waals surface area contributed by atoms with Crippen molar-refractivity contribution in [2.75, 3.05) is 13.2 Å². The first kappa shape index (κ1) is 26.6. The van der Waals surface area contributed by atoms with Crippen LogP contribution in [0.4, 0.5) is 0 Å². The van der Waals surface area contributed by atoms with Crippen molar-refractivity contribution in [3.63, 3.8) is 0 Å². The Kier molecular flexibility index (Phi) is 13.0. The monoisotopic (exact) mass is 419 g/mol. The number of rotatable bonds is 16. The van der Waals surface area contributed by atoms with Crippen molar-refractivity contribution in [2.45, 2.75) is 97.4 Å². The molecule has 1 unspecified atom stereocenters. The van der Waals surface area contributed by atoms with E-state index in [9.17, 15) is 15.0 Å². The van der Waals surface area contributed by atoms with Gasteiger partial charge >= 0.3 is 0 Å². The first-order chi connectivity index (χ1) is 14.4. The molecule has 1 amide bonds. The molecule has 0 heterocycles. The molecule has 4 nitrogen and oxygen atoms in total. The molecule has 0 saturated carbocycles. The third kappa shape index (κ3) is 10.1. The van der Waals surface area contributed by atoms with Crippen molar-refractivity contribution < 1.29 is 15.0 Å². The van der Waals surface area contributed by atoms with E-state index in [-0.39, 0.29) is 25.0 Å². The van der Waals surface area contributed by atoms with E-state index in [2.05, 4.69) is 57.3 Å². The summed E-state index contributed by atoms with van der Waals surface area (Å²) in [5.41, 5.74) is 1.56. The van der Waals surface area contributed by atoms with E-state index in [1.54, 1.807) is 0 Å². The Labute approximate surface area is 184 Å². The van der Waals surface area contributed by atoms with Crippen LogP contribution < -0.4 is 5.32 Å². The smallest absolute Gasteiger partial charge is 0.220 e. The minimum absolute atomic E-state index is 0.103. The number of aliphatic hydroxyl groups is 2. The van der Waals surface area contributed by atoms with E-state index >= 15 is 0 Å². The molecule has 0 aromatic heterocycles. The lowest BCUT2D eigenvalue weighted by atomic mass is 9.90. The number of aliphatic hydroxyl groups excluding tert-OH is 2. The average molecular weight is 420 g/mol. The second kappa shape index (κ2) is 14.6. The molecule has 1 aromatic carbocycles. The van der Waals surface area contributed by atoms with Crippen LogP contribution in [0.1, 0.15) is 90.2 Å². The summed E-state index contributed by atoms with van der Waals surface area (Å²) in [4.78, 5) is 12.4. The van der Waals surface area contributed by atoms with E-state index in [1.807, 2.05) is 0 Å². The number of nitrogens with one attached hydrogen (secondary N) is 1. The van der Waals surface area contributed by atoms with Gasteiger partial charge in [0, 0.05) is 6.42 Å². The van der Waals surface area contributed by atoms with Crippen LogP contribution in [0.25, 0.3) is 0 Å². The number of aryl methyl sites for hydroxylation is 2. The molecule has 0 fully saturated rings. The lowest BCUT2D eigenvalue weighted by Crippen LogP contribution is -2.54. The van der Waals surface area contributed by atoms with Gasteiger partial charge < -0.3 is 15.5 Å². The number of hydrogen-bond acceptors (Lipinski definition) is 3. The van der Waals surface area contributed by atoms with Gasteiger partial charge in [-0.2, -0.15) is 0 Å². The average Bonchev–Trinajstić information content (AvgIpc) is 2.74. The molecule has 30 heavy (non-hydrogen) atoms. The van der Waals surface area contributed by atoms with Crippen molar-refractivity contribution in [2.24, 2.45) is 11.8 Å². The molecule has 0 bridgehead atoms. The van der Waals surface area contributed by atoms with E-state index < -0.39 is 5.54 Å². The van der Waals surface area contributed by atoms with Crippen molar-refractivity contribution in [3.05, 3.63) is 35.4 Å². The maximum absolute atomic E-state index is 12.4. The highest BCUT2D eigenvalue weighted by molar-refractivity contribution is 5.77. The van der Waals surface area contributed by atoms with Gasteiger partial charge in [-0.15, -0.1) is 0 Å². The fourth-order valence-corrected chi connectivity index (χ4v) is 3.59. The molecular formula is C26H45NO3. The zero-order valence-corrected chi connectivity index (χ0v) is 19.8. The molecule has 0 spiro atoms. The lowest BCUT2D eigenvalue weighted by molar-refractivity contribution is -0.125. The van der Waals surface area contributed by atoms with Gasteiger partial charge in [0.1, 0.15) is 0 Å². The summed E-state index contributed by atoms with van der Waals surface area (Å²) in [6.07, 6.45) is 10.6. The summed E-state index contributed by atoms with van der Waals surface area (Å²) >= 11 is 0. The third-order valence-electron chi connectivity index (χ3n) is 6.39. The number of hydrogen-bond donors (Lipinski definition) is 3. The molecule has 0 radical (unpaired) electrons. The molecule has 1 rings (SSSR count). The second-order valence-corrected chi connectivity index (χ2v) is 9.40. The Morgan fingerprint density at radius 2 is 1.43 bits per heavy atom. The minimum Gasteiger partial charge on any atom is -0.394 e. The number of carbonyl (C=O) groups is 1. The quantitative estimate of drug-likeness (QED) is 0.329. The zero-order valence-electron chi connectivity index (χ0n) is 19.8. The van der Waals surface area contributed by atoms with Crippen molar-refractivity contribution in [3.8, 4) is 0 Å². The minimum atomic E-state index is -0.967. The molecule has 0 aliphatic carbocycles. The maximum atomic E-state index is 12.4. The fourth-order valence-electron chi connectivity index (χ4n) is 3.59. The standard InChI is InChI=1S/C26H45NO3/c1-5-6-7-8-9-10-11-23-12-14-24(15-13-23)16-17-26(19-28,20-29)27-25(30)18-22(4)21(2)3/h12-15,21-22,28-29H,5-11,16-20H2,1-4H3,(H,27,30). The normalized spacial score (nSPS) is 12.9. The number of amides is 1. The summed E-state index contributed by atoms with van der Waals surface area (Å²) in [6, 6.07) is 8.64. The van der Waals surface area contributed by atoms with Crippen LogP contribution in [0, 0.1) is 11.8 Å². The number of carbonyl (C=O) groups excluding carboxylic acids is 1. The number of unbranched alkanes of at least 4 members (excludes halogenated alkanes) is 5. The summed E-state index contributed by atoms with van der Waals surface area (Å²) in [5, 5.41) is 22.7. The summed E-state index contributed by atoms with van der Waals surface area (Å²) < 4.78 is 0. The van der Waals surface area contributed by atoms with Crippen LogP contribution in [-0.4, -0.2) is 34.9 Å². The van der Waals surface area contributed by atoms with Crippen LogP contribution in [0.3, 0.4) is 0 Å². The Bertz CT molecular complexity index is 578. The van der Waals surface area contributed by atoms with E-state index in [0.29, 0.717) is 25.2 Å². The van der Waals surface area contributed by atoms with Gasteiger partial charge in [0.25, 0.3) is 0 Å². The third-order valence-corrected chi connectivity index (χ3v) is 6.39. The molecular weight excluding hydrogens is 374 g/mol. The first-order valence-electron chi connectivity index (χ1n) is 12.0. The SMILES string of the molecule is CCCCCCCCc1ccc(CCC(CO)(CO)NC(=O)CC(C)C(C)C)cc1. The Morgan fingerprint density at radius 3 is 1.97 bits per heavy atom. The summed E-state index contributed by atoms with van der Waals surface area (Å²) in [6.45, 7) is 7.96. The van der Waals surface area contributed by atoms with Gasteiger partial charge in [-0.1, -0.05) is 84.1 Å². The van der Waals surface area contributed by atoms with E-state index in [0.717, 1.165) is 12.0 Å². The van der Waals surface area contributed by atoms with Gasteiger partial charge in [-0.3, -0.25) is 4.79 Å². The predicted molar refractivity (Wildman–Crippen MR) is 126 cm³/mol. The molecule has 3 N–H and O–H groups in total. The van der Waals surface area contributed by atoms with E-state index in [4.69, 9.17) is 0 Å². The molecule has 1 atom stereocenters. The van der Waals surface area contributed by atoms with Crippen molar-refractivity contribution in [1.82, 2.24) is 5.32 Å². The predicted octanol–water partition coefficient (Wildman–Crippen LogP) is 5.04. The number of benzene rings is 1. The Balaban J connectivity index is 2.50. The molecule has 1 aromatic rings. The van der Waals surface area contributed by atoms with Crippen LogP contribution in [-0.2, 0) is 17.6 Å². The molecule has 4 heteroatoms. The Morgan fingerprint density at radius 1 is 0.900 bits per heavy atom. The van der Waals surface area contributed by atoms with Gasteiger partial charge in [0.15, 0.2) is 0 Å². The van der Waals surface area contributed by atoms with Crippen LogP contribution in [0.2, 0.25) is 0 Å². The topological polar surface area (TPSA) is 69.6 Å². The fraction of sp³-hybridized carbons (Fsp3) is 0.731. The molecule has 0 saturated heterocycles. The van der Waals surface area contributed by atoms with Gasteiger partial charge in [0.2, 0.25) is 5.91 Å². The van der Waals surface area contributed by atoms with E-state index in [1.165, 1.54) is 44.1 Å². The summed E-state index contributed by atoms with van der Waals surface area (Å²) in [7, 11) is 0. The van der Waals surface area contributed by atoms with Crippen molar-refractivity contribution >= 4 is 5.91 Å². The first-order valence-corrected chi connectivity index (χ1v) is 12.0. The molecule has 0 aliphatic heterocycles. The second-order valence-electron chi connectivity index (χ2n) is 9.40. The van der Waals surface area contributed by atoms with Gasteiger partial charge in [0.05, 0.1) is 18.8 Å².